The third-order valence-electron chi connectivity index (χ3n) is 2.70. The molecule has 4 nitrogen and oxygen atoms in total. The monoisotopic (exact) mass is 238 g/mol. The van der Waals surface area contributed by atoms with E-state index >= 15 is 0 Å². The van der Waals surface area contributed by atoms with Crippen LogP contribution in [-0.4, -0.2) is 25.3 Å². The Morgan fingerprint density at radius 1 is 1.18 bits per heavy atom. The van der Waals surface area contributed by atoms with Gasteiger partial charge in [0.05, 0.1) is 20.1 Å². The number of hydrogen-bond acceptors (Lipinski definition) is 3. The molecule has 17 heavy (non-hydrogen) atoms. The van der Waals surface area contributed by atoms with Crippen LogP contribution in [0.4, 0.5) is 0 Å². The van der Waals surface area contributed by atoms with Gasteiger partial charge < -0.3 is 14.6 Å². The van der Waals surface area contributed by atoms with E-state index in [9.17, 15) is 9.90 Å². The minimum absolute atomic E-state index is 0.0191. The van der Waals surface area contributed by atoms with E-state index in [1.807, 2.05) is 13.8 Å². The van der Waals surface area contributed by atoms with Gasteiger partial charge in [0.15, 0.2) is 11.5 Å². The molecule has 0 fully saturated rings. The van der Waals surface area contributed by atoms with Gasteiger partial charge in [0.1, 0.15) is 0 Å². The SMILES string of the molecule is COc1ccc([C@H](C(=O)O)C(C)C)cc1OC. The molecule has 94 valence electrons. The van der Waals surface area contributed by atoms with Crippen molar-refractivity contribution in [1.29, 1.82) is 0 Å². The summed E-state index contributed by atoms with van der Waals surface area (Å²) in [6, 6.07) is 5.21. The maximum Gasteiger partial charge on any atom is 0.311 e. The van der Waals surface area contributed by atoms with Crippen LogP contribution in [0.2, 0.25) is 0 Å². The van der Waals surface area contributed by atoms with Gasteiger partial charge in [0.25, 0.3) is 0 Å². The number of methoxy groups -OCH3 is 2. The topological polar surface area (TPSA) is 55.8 Å². The van der Waals surface area contributed by atoms with Crippen LogP contribution in [-0.2, 0) is 4.79 Å². The molecule has 0 aromatic heterocycles. The molecule has 1 N–H and O–H groups in total. The van der Waals surface area contributed by atoms with Crippen molar-refractivity contribution in [2.24, 2.45) is 5.92 Å². The Morgan fingerprint density at radius 2 is 1.76 bits per heavy atom. The van der Waals surface area contributed by atoms with E-state index < -0.39 is 11.9 Å². The van der Waals surface area contributed by atoms with Crippen molar-refractivity contribution >= 4 is 5.97 Å². The molecule has 0 spiro atoms. The third-order valence-corrected chi connectivity index (χ3v) is 2.70. The van der Waals surface area contributed by atoms with E-state index in [-0.39, 0.29) is 5.92 Å². The molecule has 0 heterocycles. The molecular weight excluding hydrogens is 220 g/mol. The van der Waals surface area contributed by atoms with Gasteiger partial charge in [0.2, 0.25) is 0 Å². The van der Waals surface area contributed by atoms with Crippen LogP contribution in [0.5, 0.6) is 11.5 Å². The first-order valence-corrected chi connectivity index (χ1v) is 5.46. The standard InChI is InChI=1S/C13H18O4/c1-8(2)12(13(14)15)9-5-6-10(16-3)11(7-9)17-4/h5-8,12H,1-4H3,(H,14,15)/t12-/m1/s1. The second-order valence-corrected chi connectivity index (χ2v) is 4.17. The molecule has 0 saturated heterocycles. The van der Waals surface area contributed by atoms with Crippen molar-refractivity contribution in [1.82, 2.24) is 0 Å². The maximum atomic E-state index is 11.2. The molecule has 0 unspecified atom stereocenters. The fourth-order valence-corrected chi connectivity index (χ4v) is 1.86. The summed E-state index contributed by atoms with van der Waals surface area (Å²) in [6.07, 6.45) is 0. The lowest BCUT2D eigenvalue weighted by molar-refractivity contribution is -0.139. The Labute approximate surface area is 101 Å². The van der Waals surface area contributed by atoms with Gasteiger partial charge in [-0.05, 0) is 23.6 Å². The summed E-state index contributed by atoms with van der Waals surface area (Å²) in [4.78, 5) is 11.2. The normalized spacial score (nSPS) is 12.3. The van der Waals surface area contributed by atoms with E-state index in [4.69, 9.17) is 9.47 Å². The number of carboxylic acid groups (broad SMARTS) is 1. The minimum Gasteiger partial charge on any atom is -0.493 e. The first-order valence-electron chi connectivity index (χ1n) is 5.46. The minimum atomic E-state index is -0.827. The lowest BCUT2D eigenvalue weighted by atomic mass is 9.88. The van der Waals surface area contributed by atoms with Gasteiger partial charge in [-0.2, -0.15) is 0 Å². The second-order valence-electron chi connectivity index (χ2n) is 4.17. The Bertz CT molecular complexity index is 398. The molecule has 0 aliphatic carbocycles. The van der Waals surface area contributed by atoms with E-state index in [0.29, 0.717) is 11.5 Å². The van der Waals surface area contributed by atoms with Gasteiger partial charge >= 0.3 is 5.97 Å². The highest BCUT2D eigenvalue weighted by atomic mass is 16.5. The summed E-state index contributed by atoms with van der Waals surface area (Å²) in [7, 11) is 3.08. The van der Waals surface area contributed by atoms with Crippen molar-refractivity contribution in [2.75, 3.05) is 14.2 Å². The van der Waals surface area contributed by atoms with Crippen LogP contribution < -0.4 is 9.47 Å². The quantitative estimate of drug-likeness (QED) is 0.856. The molecule has 0 saturated carbocycles. The van der Waals surface area contributed by atoms with Crippen molar-refractivity contribution in [3.8, 4) is 11.5 Å². The summed E-state index contributed by atoms with van der Waals surface area (Å²) in [5.74, 6) is -0.186. The molecule has 0 amide bonds. The van der Waals surface area contributed by atoms with Crippen LogP contribution in [0.3, 0.4) is 0 Å². The number of ether oxygens (including phenoxy) is 2. The summed E-state index contributed by atoms with van der Waals surface area (Å²) >= 11 is 0. The van der Waals surface area contributed by atoms with Crippen LogP contribution in [0, 0.1) is 5.92 Å². The number of carbonyl (C=O) groups is 1. The van der Waals surface area contributed by atoms with Crippen LogP contribution in [0.1, 0.15) is 25.3 Å². The molecule has 1 aromatic carbocycles. The van der Waals surface area contributed by atoms with Gasteiger partial charge in [-0.15, -0.1) is 0 Å². The van der Waals surface area contributed by atoms with E-state index in [1.165, 1.54) is 7.11 Å². The number of aliphatic carboxylic acids is 1. The van der Waals surface area contributed by atoms with Crippen molar-refractivity contribution in [3.05, 3.63) is 23.8 Å². The first-order chi connectivity index (χ1) is 8.01. The molecule has 1 atom stereocenters. The second kappa shape index (κ2) is 5.57. The molecule has 1 aromatic rings. The summed E-state index contributed by atoms with van der Waals surface area (Å²) in [5.41, 5.74) is 0.727. The lowest BCUT2D eigenvalue weighted by Gasteiger charge is -2.18. The average Bonchev–Trinajstić information content (AvgIpc) is 2.27. The molecule has 0 aliphatic heterocycles. The highest BCUT2D eigenvalue weighted by molar-refractivity contribution is 5.76. The zero-order chi connectivity index (χ0) is 13.0. The van der Waals surface area contributed by atoms with Gasteiger partial charge in [-0.25, -0.2) is 0 Å². The highest BCUT2D eigenvalue weighted by Gasteiger charge is 2.24. The zero-order valence-corrected chi connectivity index (χ0v) is 10.6. The Balaban J connectivity index is 3.17. The predicted octanol–water partition coefficient (Wildman–Crippen LogP) is 2.53. The number of benzene rings is 1. The summed E-state index contributed by atoms with van der Waals surface area (Å²) in [5, 5.41) is 9.22. The first kappa shape index (κ1) is 13.4. The van der Waals surface area contributed by atoms with E-state index in [2.05, 4.69) is 0 Å². The van der Waals surface area contributed by atoms with E-state index in [0.717, 1.165) is 5.56 Å². The Hall–Kier alpha value is -1.71. The molecular formula is C13H18O4. The Morgan fingerprint density at radius 3 is 2.18 bits per heavy atom. The van der Waals surface area contributed by atoms with Gasteiger partial charge in [0, 0.05) is 0 Å². The zero-order valence-electron chi connectivity index (χ0n) is 10.6. The summed E-state index contributed by atoms with van der Waals surface area (Å²) in [6.45, 7) is 3.77. The molecule has 4 heteroatoms. The van der Waals surface area contributed by atoms with Crippen LogP contribution in [0.25, 0.3) is 0 Å². The van der Waals surface area contributed by atoms with Crippen molar-refractivity contribution < 1.29 is 19.4 Å². The number of rotatable bonds is 5. The number of carboxylic acids is 1. The van der Waals surface area contributed by atoms with E-state index in [1.54, 1.807) is 25.3 Å². The third kappa shape index (κ3) is 2.90. The molecule has 0 bridgehead atoms. The lowest BCUT2D eigenvalue weighted by Crippen LogP contribution is -2.17. The van der Waals surface area contributed by atoms with Crippen molar-refractivity contribution in [3.63, 3.8) is 0 Å². The molecule has 0 radical (unpaired) electrons. The smallest absolute Gasteiger partial charge is 0.311 e. The average molecular weight is 238 g/mol. The largest absolute Gasteiger partial charge is 0.493 e. The Kier molecular flexibility index (Phi) is 4.37. The van der Waals surface area contributed by atoms with Crippen molar-refractivity contribution in [2.45, 2.75) is 19.8 Å². The van der Waals surface area contributed by atoms with Gasteiger partial charge in [-0.1, -0.05) is 19.9 Å². The molecule has 1 rings (SSSR count). The molecule has 0 aliphatic rings. The predicted molar refractivity (Wildman–Crippen MR) is 64.8 cm³/mol. The van der Waals surface area contributed by atoms with Gasteiger partial charge in [-0.3, -0.25) is 4.79 Å². The maximum absolute atomic E-state index is 11.2. The van der Waals surface area contributed by atoms with Crippen LogP contribution in [0.15, 0.2) is 18.2 Å². The summed E-state index contributed by atoms with van der Waals surface area (Å²) < 4.78 is 10.3. The number of hydrogen-bond donors (Lipinski definition) is 1. The fourth-order valence-electron chi connectivity index (χ4n) is 1.86. The fraction of sp³-hybridized carbons (Fsp3) is 0.462. The highest BCUT2D eigenvalue weighted by Crippen LogP contribution is 2.33. The van der Waals surface area contributed by atoms with Crippen LogP contribution >= 0.6 is 0 Å².